The SMILES string of the molecule is CC.CC.CN1CCC/C(=N\Nc2ccc(Oc3ccccc3)cc2)CC1.O=S. The standard InChI is InChI=1S/C19H23N3O.2C2H6.OS/c1-22-14-5-6-16(13-15-22)20-21-17-9-11-19(12-10-17)23-18-7-3-2-4-8-18;3*1-2/h2-4,7-12,21H,5-6,13-15H2,1H3;2*1-2H3;/b20-16+;;;. The molecule has 0 amide bonds. The zero-order valence-electron chi connectivity index (χ0n) is 18.4. The van der Waals surface area contributed by atoms with Crippen LogP contribution in [0, 0.1) is 0 Å². The van der Waals surface area contributed by atoms with E-state index in [9.17, 15) is 0 Å². The summed E-state index contributed by atoms with van der Waals surface area (Å²) in [5, 5.41) is 4.56. The van der Waals surface area contributed by atoms with E-state index in [0.29, 0.717) is 0 Å². The molecule has 29 heavy (non-hydrogen) atoms. The summed E-state index contributed by atoms with van der Waals surface area (Å²) in [5.41, 5.74) is 5.39. The fourth-order valence-electron chi connectivity index (χ4n) is 2.59. The number of nitrogens with zero attached hydrogens (tertiary/aromatic N) is 2. The first-order valence-electron chi connectivity index (χ1n) is 10.3. The molecule has 5 nitrogen and oxygen atoms in total. The Bertz CT molecular complexity index is 664. The Morgan fingerprint density at radius 3 is 2.07 bits per heavy atom. The van der Waals surface area contributed by atoms with Gasteiger partial charge >= 0.3 is 0 Å². The minimum absolute atomic E-state index is 0.825. The number of benzene rings is 2. The van der Waals surface area contributed by atoms with Crippen molar-refractivity contribution in [1.29, 1.82) is 0 Å². The highest BCUT2D eigenvalue weighted by molar-refractivity contribution is 7.44. The molecule has 0 aromatic heterocycles. The van der Waals surface area contributed by atoms with Gasteiger partial charge in [-0.05, 0) is 62.8 Å². The fourth-order valence-corrected chi connectivity index (χ4v) is 2.59. The second kappa shape index (κ2) is 17.8. The van der Waals surface area contributed by atoms with E-state index in [-0.39, 0.29) is 0 Å². The largest absolute Gasteiger partial charge is 0.457 e. The zero-order valence-corrected chi connectivity index (χ0v) is 19.2. The van der Waals surface area contributed by atoms with Gasteiger partial charge in [-0.2, -0.15) is 9.31 Å². The van der Waals surface area contributed by atoms with Crippen molar-refractivity contribution >= 4 is 23.9 Å². The monoisotopic (exact) mass is 417 g/mol. The molecule has 1 N–H and O–H groups in total. The van der Waals surface area contributed by atoms with Crippen LogP contribution in [-0.2, 0) is 12.5 Å². The van der Waals surface area contributed by atoms with Gasteiger partial charge in [0, 0.05) is 18.7 Å². The van der Waals surface area contributed by atoms with Crippen LogP contribution in [0.5, 0.6) is 11.5 Å². The molecule has 0 spiro atoms. The summed E-state index contributed by atoms with van der Waals surface area (Å²) in [7, 11) is 2.17. The van der Waals surface area contributed by atoms with Crippen molar-refractivity contribution in [3.63, 3.8) is 0 Å². The molecule has 1 saturated heterocycles. The minimum Gasteiger partial charge on any atom is -0.457 e. The molecule has 0 bridgehead atoms. The van der Waals surface area contributed by atoms with Crippen molar-refractivity contribution in [2.24, 2.45) is 5.10 Å². The molecule has 3 rings (SSSR count). The quantitative estimate of drug-likeness (QED) is 0.611. The van der Waals surface area contributed by atoms with E-state index in [1.165, 1.54) is 12.1 Å². The van der Waals surface area contributed by atoms with Gasteiger partial charge in [0.15, 0.2) is 12.5 Å². The Labute approximate surface area is 181 Å². The van der Waals surface area contributed by atoms with Crippen LogP contribution in [0.2, 0.25) is 0 Å². The van der Waals surface area contributed by atoms with Crippen molar-refractivity contribution in [2.75, 3.05) is 25.6 Å². The van der Waals surface area contributed by atoms with Gasteiger partial charge in [0.25, 0.3) is 0 Å². The van der Waals surface area contributed by atoms with E-state index >= 15 is 0 Å². The van der Waals surface area contributed by atoms with E-state index in [4.69, 9.17) is 8.95 Å². The summed E-state index contributed by atoms with van der Waals surface area (Å²) in [4.78, 5) is 2.36. The first-order valence-corrected chi connectivity index (χ1v) is 10.6. The van der Waals surface area contributed by atoms with Crippen molar-refractivity contribution in [3.05, 3.63) is 54.6 Å². The van der Waals surface area contributed by atoms with Crippen molar-refractivity contribution in [2.45, 2.75) is 47.0 Å². The van der Waals surface area contributed by atoms with Crippen LogP contribution in [0.4, 0.5) is 5.69 Å². The van der Waals surface area contributed by atoms with Crippen LogP contribution in [0.15, 0.2) is 59.7 Å². The highest BCUT2D eigenvalue weighted by Gasteiger charge is 2.09. The van der Waals surface area contributed by atoms with Crippen LogP contribution < -0.4 is 10.2 Å². The molecule has 2 aromatic carbocycles. The normalized spacial score (nSPS) is 14.6. The summed E-state index contributed by atoms with van der Waals surface area (Å²) in [6.45, 7) is 10.2. The molecule has 2 aromatic rings. The topological polar surface area (TPSA) is 53.9 Å². The number of ether oxygens (including phenoxy) is 1. The third-order valence-electron chi connectivity index (χ3n) is 3.96. The maximum absolute atomic E-state index is 7.83. The van der Waals surface area contributed by atoms with Crippen LogP contribution in [-0.4, -0.2) is 35.0 Å². The molecule has 6 heteroatoms. The Balaban J connectivity index is 0.00000120. The van der Waals surface area contributed by atoms with Crippen LogP contribution in [0.25, 0.3) is 0 Å². The number of hydrazone groups is 1. The predicted octanol–water partition coefficient (Wildman–Crippen LogP) is 6.08. The van der Waals surface area contributed by atoms with Crippen molar-refractivity contribution in [1.82, 2.24) is 4.90 Å². The summed E-state index contributed by atoms with van der Waals surface area (Å²) in [6, 6.07) is 17.7. The van der Waals surface area contributed by atoms with Crippen LogP contribution in [0.3, 0.4) is 0 Å². The first kappa shape index (κ1) is 26.7. The van der Waals surface area contributed by atoms with Crippen molar-refractivity contribution < 1.29 is 8.95 Å². The van der Waals surface area contributed by atoms with Gasteiger partial charge in [-0.1, -0.05) is 45.9 Å². The Morgan fingerprint density at radius 2 is 1.45 bits per heavy atom. The molecular formula is C23H35N3O2S. The second-order valence-electron chi connectivity index (χ2n) is 5.89. The van der Waals surface area contributed by atoms with Gasteiger partial charge in [-0.15, -0.1) is 0 Å². The highest BCUT2D eigenvalue weighted by Crippen LogP contribution is 2.22. The van der Waals surface area contributed by atoms with Gasteiger partial charge in [0.1, 0.15) is 11.5 Å². The van der Waals surface area contributed by atoms with E-state index in [1.807, 2.05) is 82.3 Å². The number of hydrogen-bond acceptors (Lipinski definition) is 6. The third kappa shape index (κ3) is 11.3. The lowest BCUT2D eigenvalue weighted by Crippen LogP contribution is -2.18. The molecule has 1 aliphatic rings. The molecule has 160 valence electrons. The minimum atomic E-state index is 0.825. The maximum Gasteiger partial charge on any atom is 0.197 e. The molecule has 1 fully saturated rings. The molecule has 0 radical (unpaired) electrons. The maximum atomic E-state index is 7.83. The number of hydrogen-bond donors (Lipinski definition) is 1. The van der Waals surface area contributed by atoms with Gasteiger partial charge in [0.2, 0.25) is 0 Å². The van der Waals surface area contributed by atoms with E-state index in [2.05, 4.69) is 35.0 Å². The molecule has 0 aliphatic carbocycles. The summed E-state index contributed by atoms with van der Waals surface area (Å²) in [5.74, 6) is 1.67. The average Bonchev–Trinajstić information content (AvgIpc) is 3.02. The molecule has 0 unspecified atom stereocenters. The van der Waals surface area contributed by atoms with Gasteiger partial charge < -0.3 is 9.64 Å². The smallest absolute Gasteiger partial charge is 0.197 e. The Kier molecular flexibility index (Phi) is 16.4. The number of para-hydroxylation sites is 1. The summed E-state index contributed by atoms with van der Waals surface area (Å²) >= 11 is 2.83. The number of likely N-dealkylation sites (tertiary alicyclic amines) is 1. The fraction of sp³-hybridized carbons (Fsp3) is 0.435. The van der Waals surface area contributed by atoms with Gasteiger partial charge in [0.05, 0.1) is 5.69 Å². The first-order chi connectivity index (χ1) is 14.3. The number of rotatable bonds is 4. The average molecular weight is 418 g/mol. The van der Waals surface area contributed by atoms with Gasteiger partial charge in [-0.3, -0.25) is 5.43 Å². The van der Waals surface area contributed by atoms with Crippen molar-refractivity contribution in [3.8, 4) is 11.5 Å². The number of anilines is 1. The molecule has 0 saturated carbocycles. The van der Waals surface area contributed by atoms with E-state index in [1.54, 1.807) is 0 Å². The van der Waals surface area contributed by atoms with Crippen LogP contribution >= 0.6 is 0 Å². The van der Waals surface area contributed by atoms with Gasteiger partial charge in [-0.25, -0.2) is 0 Å². The zero-order chi connectivity index (χ0) is 21.9. The molecule has 1 heterocycles. The second-order valence-corrected chi connectivity index (χ2v) is 5.89. The van der Waals surface area contributed by atoms with E-state index < -0.39 is 0 Å². The Hall–Kier alpha value is -2.31. The molecule has 1 aliphatic heterocycles. The number of nitrogens with one attached hydrogen (secondary N) is 1. The Morgan fingerprint density at radius 1 is 0.862 bits per heavy atom. The lowest BCUT2D eigenvalue weighted by molar-refractivity contribution is 0.352. The lowest BCUT2D eigenvalue weighted by Gasteiger charge is -2.10. The van der Waals surface area contributed by atoms with Crippen LogP contribution in [0.1, 0.15) is 47.0 Å². The summed E-state index contributed by atoms with van der Waals surface area (Å²) < 4.78 is 13.6. The third-order valence-corrected chi connectivity index (χ3v) is 3.96. The highest BCUT2D eigenvalue weighted by atomic mass is 32.1. The lowest BCUT2D eigenvalue weighted by atomic mass is 10.2. The predicted molar refractivity (Wildman–Crippen MR) is 126 cm³/mol. The van der Waals surface area contributed by atoms with E-state index in [0.717, 1.165) is 43.1 Å². The molecular weight excluding hydrogens is 382 g/mol. The molecule has 0 atom stereocenters. The summed E-state index contributed by atoms with van der Waals surface area (Å²) in [6.07, 6.45) is 3.30.